The Kier molecular flexibility index (Phi) is 6.80. The highest BCUT2D eigenvalue weighted by atomic mass is 16.6. The standard InChI is InChI=1S/C18H25N3O4/c1-3-7-16(22)19-15-9-6-5-8-14(15)17(23)20-10-12-21(13-11-20)18(24)25-4-2/h5-6,8-9H,3-4,7,10-13H2,1-2H3,(H,19,22). The van der Waals surface area contributed by atoms with Gasteiger partial charge in [0.25, 0.3) is 5.91 Å². The van der Waals surface area contributed by atoms with Crippen LogP contribution in [0.25, 0.3) is 0 Å². The Morgan fingerprint density at radius 1 is 1.04 bits per heavy atom. The average molecular weight is 347 g/mol. The molecule has 1 aromatic carbocycles. The molecule has 0 atom stereocenters. The molecule has 3 amide bonds. The Bertz CT molecular complexity index is 625. The number of nitrogens with one attached hydrogen (secondary N) is 1. The first-order valence-corrected chi connectivity index (χ1v) is 8.66. The van der Waals surface area contributed by atoms with Crippen molar-refractivity contribution in [1.29, 1.82) is 0 Å². The van der Waals surface area contributed by atoms with Gasteiger partial charge in [-0.3, -0.25) is 9.59 Å². The molecule has 0 spiro atoms. The minimum atomic E-state index is -0.346. The number of hydrogen-bond acceptors (Lipinski definition) is 4. The van der Waals surface area contributed by atoms with Crippen molar-refractivity contribution in [3.8, 4) is 0 Å². The summed E-state index contributed by atoms with van der Waals surface area (Å²) in [5.41, 5.74) is 0.996. The molecule has 0 aliphatic carbocycles. The maximum Gasteiger partial charge on any atom is 0.409 e. The Hall–Kier alpha value is -2.57. The third kappa shape index (κ3) is 4.95. The molecule has 1 aromatic rings. The van der Waals surface area contributed by atoms with Crippen LogP contribution in [0.1, 0.15) is 37.0 Å². The monoisotopic (exact) mass is 347 g/mol. The minimum absolute atomic E-state index is 0.102. The highest BCUT2D eigenvalue weighted by molar-refractivity contribution is 6.03. The smallest absolute Gasteiger partial charge is 0.409 e. The zero-order chi connectivity index (χ0) is 18.2. The first-order chi connectivity index (χ1) is 12.1. The Balaban J connectivity index is 2.02. The van der Waals surface area contributed by atoms with Gasteiger partial charge in [-0.1, -0.05) is 19.1 Å². The molecular formula is C18H25N3O4. The zero-order valence-corrected chi connectivity index (χ0v) is 14.8. The molecule has 1 N–H and O–H groups in total. The van der Waals surface area contributed by atoms with E-state index in [-0.39, 0.29) is 17.9 Å². The second kappa shape index (κ2) is 9.05. The molecule has 0 saturated carbocycles. The normalized spacial score (nSPS) is 14.2. The summed E-state index contributed by atoms with van der Waals surface area (Å²) < 4.78 is 4.98. The van der Waals surface area contributed by atoms with Crippen LogP contribution in [-0.4, -0.2) is 60.5 Å². The van der Waals surface area contributed by atoms with Crippen LogP contribution < -0.4 is 5.32 Å². The average Bonchev–Trinajstić information content (AvgIpc) is 2.62. The number of anilines is 1. The van der Waals surface area contributed by atoms with E-state index in [9.17, 15) is 14.4 Å². The number of amides is 3. The van der Waals surface area contributed by atoms with Crippen molar-refractivity contribution in [2.45, 2.75) is 26.7 Å². The molecule has 7 heteroatoms. The fraction of sp³-hybridized carbons (Fsp3) is 0.500. The highest BCUT2D eigenvalue weighted by Gasteiger charge is 2.26. The van der Waals surface area contributed by atoms with E-state index in [2.05, 4.69) is 5.32 Å². The van der Waals surface area contributed by atoms with Crippen molar-refractivity contribution in [2.75, 3.05) is 38.1 Å². The lowest BCUT2D eigenvalue weighted by Crippen LogP contribution is -2.50. The third-order valence-corrected chi connectivity index (χ3v) is 4.00. The summed E-state index contributed by atoms with van der Waals surface area (Å²) in [5.74, 6) is -0.245. The van der Waals surface area contributed by atoms with Gasteiger partial charge < -0.3 is 19.9 Å². The van der Waals surface area contributed by atoms with Crippen LogP contribution in [0.4, 0.5) is 10.5 Å². The van der Waals surface area contributed by atoms with E-state index in [1.165, 1.54) is 0 Å². The molecule has 0 aromatic heterocycles. The van der Waals surface area contributed by atoms with E-state index < -0.39 is 0 Å². The molecule has 0 radical (unpaired) electrons. The van der Waals surface area contributed by atoms with Crippen LogP contribution in [-0.2, 0) is 9.53 Å². The summed E-state index contributed by atoms with van der Waals surface area (Å²) in [7, 11) is 0. The molecule has 25 heavy (non-hydrogen) atoms. The van der Waals surface area contributed by atoms with Crippen LogP contribution in [0.3, 0.4) is 0 Å². The van der Waals surface area contributed by atoms with Crippen molar-refractivity contribution >= 4 is 23.6 Å². The van der Waals surface area contributed by atoms with Crippen LogP contribution in [0.2, 0.25) is 0 Å². The van der Waals surface area contributed by atoms with Crippen molar-refractivity contribution in [3.05, 3.63) is 29.8 Å². The summed E-state index contributed by atoms with van der Waals surface area (Å²) in [6.07, 6.45) is 0.820. The number of carbonyl (C=O) groups is 3. The van der Waals surface area contributed by atoms with Gasteiger partial charge in [-0.05, 0) is 25.5 Å². The van der Waals surface area contributed by atoms with Gasteiger partial charge in [-0.15, -0.1) is 0 Å². The third-order valence-electron chi connectivity index (χ3n) is 4.00. The Morgan fingerprint density at radius 3 is 2.32 bits per heavy atom. The maximum absolute atomic E-state index is 12.8. The van der Waals surface area contributed by atoms with Gasteiger partial charge in [-0.2, -0.15) is 0 Å². The van der Waals surface area contributed by atoms with Gasteiger partial charge >= 0.3 is 6.09 Å². The van der Waals surface area contributed by atoms with E-state index in [1.54, 1.807) is 41.0 Å². The second-order valence-electron chi connectivity index (χ2n) is 5.82. The lowest BCUT2D eigenvalue weighted by molar-refractivity contribution is -0.116. The largest absolute Gasteiger partial charge is 0.450 e. The summed E-state index contributed by atoms with van der Waals surface area (Å²) >= 11 is 0. The molecule has 2 rings (SSSR count). The highest BCUT2D eigenvalue weighted by Crippen LogP contribution is 2.19. The van der Waals surface area contributed by atoms with Gasteiger partial charge in [0.2, 0.25) is 5.91 Å². The first kappa shape index (κ1) is 18.8. The molecule has 7 nitrogen and oxygen atoms in total. The molecule has 1 aliphatic rings. The van der Waals surface area contributed by atoms with E-state index in [0.717, 1.165) is 6.42 Å². The van der Waals surface area contributed by atoms with Crippen LogP contribution in [0, 0.1) is 0 Å². The van der Waals surface area contributed by atoms with Crippen molar-refractivity contribution in [1.82, 2.24) is 9.80 Å². The summed E-state index contributed by atoms with van der Waals surface area (Å²) in [5, 5.41) is 2.80. The second-order valence-corrected chi connectivity index (χ2v) is 5.82. The zero-order valence-electron chi connectivity index (χ0n) is 14.8. The molecule has 136 valence electrons. The fourth-order valence-corrected chi connectivity index (χ4v) is 2.70. The fourth-order valence-electron chi connectivity index (χ4n) is 2.70. The maximum atomic E-state index is 12.8. The molecular weight excluding hydrogens is 322 g/mol. The van der Waals surface area contributed by atoms with Crippen molar-refractivity contribution < 1.29 is 19.1 Å². The van der Waals surface area contributed by atoms with Gasteiger partial charge in [-0.25, -0.2) is 4.79 Å². The number of nitrogens with zero attached hydrogens (tertiary/aromatic N) is 2. The van der Waals surface area contributed by atoms with Crippen LogP contribution >= 0.6 is 0 Å². The van der Waals surface area contributed by atoms with Crippen LogP contribution in [0.15, 0.2) is 24.3 Å². The number of piperazine rings is 1. The number of benzene rings is 1. The van der Waals surface area contributed by atoms with Gasteiger partial charge in [0.05, 0.1) is 17.9 Å². The van der Waals surface area contributed by atoms with Gasteiger partial charge in [0.15, 0.2) is 0 Å². The van der Waals surface area contributed by atoms with Crippen molar-refractivity contribution in [3.63, 3.8) is 0 Å². The summed E-state index contributed by atoms with van der Waals surface area (Å²) in [4.78, 5) is 39.7. The van der Waals surface area contributed by atoms with Gasteiger partial charge in [0, 0.05) is 32.6 Å². The number of ether oxygens (including phenoxy) is 1. The quantitative estimate of drug-likeness (QED) is 0.887. The Morgan fingerprint density at radius 2 is 1.68 bits per heavy atom. The predicted octanol–water partition coefficient (Wildman–Crippen LogP) is 2.34. The number of para-hydroxylation sites is 1. The molecule has 1 fully saturated rings. The van der Waals surface area contributed by atoms with E-state index in [0.29, 0.717) is 50.5 Å². The lowest BCUT2D eigenvalue weighted by Gasteiger charge is -2.34. The number of hydrogen-bond donors (Lipinski definition) is 1. The minimum Gasteiger partial charge on any atom is -0.450 e. The van der Waals surface area contributed by atoms with E-state index in [1.807, 2.05) is 6.92 Å². The number of rotatable bonds is 5. The lowest BCUT2D eigenvalue weighted by atomic mass is 10.1. The first-order valence-electron chi connectivity index (χ1n) is 8.66. The molecule has 1 saturated heterocycles. The SMILES string of the molecule is CCCC(=O)Nc1ccccc1C(=O)N1CCN(C(=O)OCC)CC1. The summed E-state index contributed by atoms with van der Waals surface area (Å²) in [6, 6.07) is 7.01. The molecule has 0 bridgehead atoms. The van der Waals surface area contributed by atoms with Gasteiger partial charge in [0.1, 0.15) is 0 Å². The van der Waals surface area contributed by atoms with Crippen LogP contribution in [0.5, 0.6) is 0 Å². The Labute approximate surface area is 147 Å². The molecule has 0 unspecified atom stereocenters. The topological polar surface area (TPSA) is 79.0 Å². The van der Waals surface area contributed by atoms with Crippen molar-refractivity contribution in [2.24, 2.45) is 0 Å². The van der Waals surface area contributed by atoms with E-state index >= 15 is 0 Å². The number of carbonyl (C=O) groups excluding carboxylic acids is 3. The molecule has 1 heterocycles. The summed E-state index contributed by atoms with van der Waals surface area (Å²) in [6.45, 7) is 5.79. The predicted molar refractivity (Wildman–Crippen MR) is 94.5 cm³/mol. The molecule has 1 aliphatic heterocycles. The van der Waals surface area contributed by atoms with E-state index in [4.69, 9.17) is 4.74 Å².